The minimum absolute atomic E-state index is 0.00118. The summed E-state index contributed by atoms with van der Waals surface area (Å²) in [5.41, 5.74) is 7.88. The van der Waals surface area contributed by atoms with Gasteiger partial charge in [-0.1, -0.05) is 6.07 Å². The summed E-state index contributed by atoms with van der Waals surface area (Å²) in [5, 5.41) is 11.9. The number of carbonyl (C=O) groups is 2. The molecule has 2 atom stereocenters. The quantitative estimate of drug-likeness (QED) is 0.443. The van der Waals surface area contributed by atoms with Gasteiger partial charge in [0.2, 0.25) is 5.91 Å². The Balaban J connectivity index is 1.42. The number of ether oxygens (including phenoxy) is 1. The van der Waals surface area contributed by atoms with Crippen LogP contribution in [0.5, 0.6) is 5.75 Å². The van der Waals surface area contributed by atoms with Gasteiger partial charge in [0, 0.05) is 24.7 Å². The summed E-state index contributed by atoms with van der Waals surface area (Å²) in [5.74, 6) is -2.09. The Morgan fingerprint density at radius 2 is 2.00 bits per heavy atom. The molecule has 1 aliphatic heterocycles. The summed E-state index contributed by atoms with van der Waals surface area (Å²) in [7, 11) is 0. The van der Waals surface area contributed by atoms with Gasteiger partial charge in [-0.05, 0) is 67.5 Å². The molecule has 1 saturated carbocycles. The van der Waals surface area contributed by atoms with Crippen molar-refractivity contribution < 1.29 is 23.1 Å². The molecular formula is C29H28F2N6O3. The van der Waals surface area contributed by atoms with Crippen LogP contribution in [0.15, 0.2) is 36.7 Å². The third-order valence-electron chi connectivity index (χ3n) is 7.42. The number of carbonyl (C=O) groups excluding carboxylic acids is 2. The largest absolute Gasteiger partial charge is 0.485 e. The summed E-state index contributed by atoms with van der Waals surface area (Å²) < 4.78 is 35.6. The lowest BCUT2D eigenvalue weighted by Gasteiger charge is -2.24. The van der Waals surface area contributed by atoms with Gasteiger partial charge in [0.25, 0.3) is 5.91 Å². The fourth-order valence-electron chi connectivity index (χ4n) is 5.09. The van der Waals surface area contributed by atoms with Crippen LogP contribution in [-0.2, 0) is 4.79 Å². The van der Waals surface area contributed by atoms with Crippen LogP contribution in [0.1, 0.15) is 53.6 Å². The van der Waals surface area contributed by atoms with Gasteiger partial charge in [0.15, 0.2) is 11.6 Å². The van der Waals surface area contributed by atoms with Gasteiger partial charge in [0.1, 0.15) is 30.3 Å². The highest BCUT2D eigenvalue weighted by Gasteiger charge is 2.34. The van der Waals surface area contributed by atoms with E-state index in [1.54, 1.807) is 17.9 Å². The molecule has 5 rings (SSSR count). The molecule has 3 N–H and O–H groups in total. The van der Waals surface area contributed by atoms with E-state index in [4.69, 9.17) is 10.5 Å². The Labute approximate surface area is 230 Å². The lowest BCUT2D eigenvalue weighted by Crippen LogP contribution is -2.37. The minimum atomic E-state index is -0.712. The summed E-state index contributed by atoms with van der Waals surface area (Å²) >= 11 is 0. The molecule has 2 amide bonds. The maximum absolute atomic E-state index is 14.8. The predicted octanol–water partition coefficient (Wildman–Crippen LogP) is 4.58. The molecule has 0 bridgehead atoms. The number of hydrogen-bond acceptors (Lipinski definition) is 7. The number of nitriles is 1. The number of anilines is 2. The van der Waals surface area contributed by atoms with Crippen LogP contribution in [0, 0.1) is 35.8 Å². The van der Waals surface area contributed by atoms with E-state index in [2.05, 4.69) is 21.4 Å². The van der Waals surface area contributed by atoms with Gasteiger partial charge < -0.3 is 20.7 Å². The molecule has 0 unspecified atom stereocenters. The van der Waals surface area contributed by atoms with Gasteiger partial charge in [0.05, 0.1) is 23.6 Å². The van der Waals surface area contributed by atoms with Crippen molar-refractivity contribution in [3.8, 4) is 23.1 Å². The molecule has 11 heteroatoms. The van der Waals surface area contributed by atoms with Crippen molar-refractivity contribution in [3.05, 3.63) is 65.0 Å². The van der Waals surface area contributed by atoms with Crippen molar-refractivity contribution >= 4 is 23.3 Å². The lowest BCUT2D eigenvalue weighted by molar-refractivity contribution is -0.130. The number of nitrogens with two attached hydrogens (primary N) is 1. The first-order valence-corrected chi connectivity index (χ1v) is 13.0. The normalized spacial score (nSPS) is 18.3. The Morgan fingerprint density at radius 1 is 1.23 bits per heavy atom. The standard InChI is InChI=1S/C29H28F2N6O3/c1-15-23(9-20(30)10-25(15)36-29(39)22-6-5-19(8-24(22)31)18-3-4-18)26-27(28(33)35-14-34-26)40-13-21-7-17(11-32)12-37(21)16(2)38/h5-6,8-10,14,17-18,21H,3-4,7,12-13H2,1-2H3,(H,36,39)(H2,33,34,35)/t17-,21+/m1/s1. The van der Waals surface area contributed by atoms with Crippen LogP contribution in [0.25, 0.3) is 11.3 Å². The van der Waals surface area contributed by atoms with Crippen molar-refractivity contribution in [2.75, 3.05) is 24.2 Å². The summed E-state index contributed by atoms with van der Waals surface area (Å²) in [6.07, 6.45) is 3.66. The molecule has 2 heterocycles. The van der Waals surface area contributed by atoms with Crippen LogP contribution < -0.4 is 15.8 Å². The van der Waals surface area contributed by atoms with E-state index in [1.165, 1.54) is 31.5 Å². The van der Waals surface area contributed by atoms with Crippen LogP contribution in [0.3, 0.4) is 0 Å². The van der Waals surface area contributed by atoms with Gasteiger partial charge in [-0.2, -0.15) is 5.26 Å². The molecule has 206 valence electrons. The Bertz CT molecular complexity index is 1530. The zero-order chi connectivity index (χ0) is 28.6. The number of likely N-dealkylation sites (tertiary alicyclic amines) is 1. The molecular weight excluding hydrogens is 518 g/mol. The summed E-state index contributed by atoms with van der Waals surface area (Å²) in [6.45, 7) is 3.42. The maximum atomic E-state index is 14.8. The number of hydrogen-bond donors (Lipinski definition) is 2. The fraction of sp³-hybridized carbons (Fsp3) is 0.345. The molecule has 0 radical (unpaired) electrons. The maximum Gasteiger partial charge on any atom is 0.258 e. The second-order valence-electron chi connectivity index (χ2n) is 10.2. The zero-order valence-electron chi connectivity index (χ0n) is 22.1. The fourth-order valence-corrected chi connectivity index (χ4v) is 5.09. The first-order valence-electron chi connectivity index (χ1n) is 13.0. The molecule has 40 heavy (non-hydrogen) atoms. The summed E-state index contributed by atoms with van der Waals surface area (Å²) in [4.78, 5) is 34.9. The van der Waals surface area contributed by atoms with E-state index in [-0.39, 0.29) is 58.5 Å². The molecule has 2 fully saturated rings. The third kappa shape index (κ3) is 5.43. The second-order valence-corrected chi connectivity index (χ2v) is 10.2. The van der Waals surface area contributed by atoms with E-state index in [0.717, 1.165) is 24.5 Å². The number of halogens is 2. The number of aromatic nitrogens is 2. The summed E-state index contributed by atoms with van der Waals surface area (Å²) in [6, 6.07) is 8.75. The molecule has 1 aromatic heterocycles. The highest BCUT2D eigenvalue weighted by atomic mass is 19.1. The Kier molecular flexibility index (Phi) is 7.34. The highest BCUT2D eigenvalue weighted by Crippen LogP contribution is 2.41. The SMILES string of the molecule is CC(=O)N1C[C@@H](C#N)C[C@H]1COc1c(N)ncnc1-c1cc(F)cc(NC(=O)c2ccc(C3CC3)cc2F)c1C. The second kappa shape index (κ2) is 10.9. The van der Waals surface area contributed by atoms with Crippen molar-refractivity contribution in [1.29, 1.82) is 5.26 Å². The molecule has 2 aromatic carbocycles. The van der Waals surface area contributed by atoms with Crippen molar-refractivity contribution in [2.45, 2.75) is 45.1 Å². The molecule has 3 aromatic rings. The van der Waals surface area contributed by atoms with Crippen molar-refractivity contribution in [2.24, 2.45) is 5.92 Å². The number of nitrogens with one attached hydrogen (secondary N) is 1. The first kappa shape index (κ1) is 27.0. The highest BCUT2D eigenvalue weighted by molar-refractivity contribution is 6.05. The smallest absolute Gasteiger partial charge is 0.258 e. The van der Waals surface area contributed by atoms with Crippen molar-refractivity contribution in [1.82, 2.24) is 14.9 Å². The average molecular weight is 547 g/mol. The molecule has 1 aliphatic carbocycles. The van der Waals surface area contributed by atoms with Crippen LogP contribution in [0.4, 0.5) is 20.3 Å². The topological polar surface area (TPSA) is 134 Å². The molecule has 2 aliphatic rings. The molecule has 9 nitrogen and oxygen atoms in total. The Morgan fingerprint density at radius 3 is 2.67 bits per heavy atom. The van der Waals surface area contributed by atoms with Gasteiger partial charge in [-0.25, -0.2) is 18.7 Å². The van der Waals surface area contributed by atoms with E-state index in [0.29, 0.717) is 24.4 Å². The Hall–Kier alpha value is -4.59. The predicted molar refractivity (Wildman–Crippen MR) is 143 cm³/mol. The van der Waals surface area contributed by atoms with Gasteiger partial charge >= 0.3 is 0 Å². The van der Waals surface area contributed by atoms with Crippen molar-refractivity contribution in [3.63, 3.8) is 0 Å². The minimum Gasteiger partial charge on any atom is -0.485 e. The van der Waals surface area contributed by atoms with Crippen LogP contribution >= 0.6 is 0 Å². The zero-order valence-corrected chi connectivity index (χ0v) is 22.1. The number of nitrogen functional groups attached to an aromatic ring is 1. The van der Waals surface area contributed by atoms with Gasteiger partial charge in [-0.15, -0.1) is 0 Å². The van der Waals surface area contributed by atoms with Crippen LogP contribution in [0.2, 0.25) is 0 Å². The van der Waals surface area contributed by atoms with E-state index in [1.807, 2.05) is 0 Å². The van der Waals surface area contributed by atoms with Crippen LogP contribution in [-0.4, -0.2) is 45.9 Å². The number of benzene rings is 2. The van der Waals surface area contributed by atoms with E-state index in [9.17, 15) is 23.6 Å². The van der Waals surface area contributed by atoms with E-state index >= 15 is 0 Å². The number of nitrogens with zero attached hydrogens (tertiary/aromatic N) is 4. The monoisotopic (exact) mass is 546 g/mol. The average Bonchev–Trinajstić information content (AvgIpc) is 3.68. The number of amides is 2. The molecule has 0 spiro atoms. The van der Waals surface area contributed by atoms with E-state index < -0.39 is 17.5 Å². The van der Waals surface area contributed by atoms with Gasteiger partial charge in [-0.3, -0.25) is 9.59 Å². The molecule has 1 saturated heterocycles. The third-order valence-corrected chi connectivity index (χ3v) is 7.42. The lowest BCUT2D eigenvalue weighted by atomic mass is 10.0. The first-order chi connectivity index (χ1) is 19.2. The number of rotatable bonds is 7.